The van der Waals surface area contributed by atoms with E-state index < -0.39 is 59.7 Å². The molecule has 0 aromatic heterocycles. The summed E-state index contributed by atoms with van der Waals surface area (Å²) < 4.78 is 39.9. The van der Waals surface area contributed by atoms with Crippen molar-refractivity contribution in [1.82, 2.24) is 21.3 Å². The lowest BCUT2D eigenvalue weighted by atomic mass is 9.96. The molecule has 1 aromatic carbocycles. The number of rotatable bonds is 4. The molecule has 146 valence electrons. The maximum absolute atomic E-state index is 13.5. The molecule has 7 nitrogen and oxygen atoms in total. The van der Waals surface area contributed by atoms with Gasteiger partial charge < -0.3 is 26.4 Å². The van der Waals surface area contributed by atoms with Crippen LogP contribution in [0.4, 0.5) is 13.2 Å². The Labute approximate surface area is 153 Å². The van der Waals surface area contributed by atoms with Crippen molar-refractivity contribution in [2.75, 3.05) is 6.54 Å². The van der Waals surface area contributed by atoms with Crippen LogP contribution >= 0.6 is 0 Å². The van der Waals surface area contributed by atoms with Gasteiger partial charge in [0.2, 0.25) is 5.76 Å². The summed E-state index contributed by atoms with van der Waals surface area (Å²) in [7, 11) is 0. The van der Waals surface area contributed by atoms with Crippen LogP contribution in [0.15, 0.2) is 35.7 Å². The summed E-state index contributed by atoms with van der Waals surface area (Å²) >= 11 is 0. The number of hydrogen-bond donors (Lipinski definition) is 5. The van der Waals surface area contributed by atoms with E-state index in [1.54, 1.807) is 0 Å². The Morgan fingerprint density at radius 2 is 1.96 bits per heavy atom. The molecule has 1 aromatic rings. The fourth-order valence-corrected chi connectivity index (χ4v) is 3.09. The van der Waals surface area contributed by atoms with E-state index >= 15 is 0 Å². The summed E-state index contributed by atoms with van der Waals surface area (Å²) in [6, 6.07) is 4.55. The second-order valence-corrected chi connectivity index (χ2v) is 6.81. The van der Waals surface area contributed by atoms with Crippen molar-refractivity contribution >= 4 is 11.8 Å². The minimum Gasteiger partial charge on any atom is -0.501 e. The van der Waals surface area contributed by atoms with Crippen molar-refractivity contribution in [2.45, 2.75) is 37.5 Å². The van der Waals surface area contributed by atoms with Gasteiger partial charge in [0, 0.05) is 13.0 Å². The van der Waals surface area contributed by atoms with Crippen molar-refractivity contribution in [3.05, 3.63) is 47.1 Å². The first-order chi connectivity index (χ1) is 12.6. The zero-order valence-electron chi connectivity index (χ0n) is 14.4. The van der Waals surface area contributed by atoms with E-state index in [9.17, 15) is 27.9 Å². The van der Waals surface area contributed by atoms with Crippen molar-refractivity contribution in [3.63, 3.8) is 0 Å². The molecule has 10 heteroatoms. The molecular weight excluding hydrogens is 365 g/mol. The van der Waals surface area contributed by atoms with Crippen LogP contribution in [0.2, 0.25) is 0 Å². The van der Waals surface area contributed by atoms with Crippen LogP contribution in [-0.4, -0.2) is 41.1 Å². The van der Waals surface area contributed by atoms with Crippen molar-refractivity contribution in [3.8, 4) is 0 Å². The molecule has 2 aliphatic heterocycles. The van der Waals surface area contributed by atoms with Gasteiger partial charge in [-0.05, 0) is 24.6 Å². The maximum Gasteiger partial charge on any atom is 0.290 e. The van der Waals surface area contributed by atoms with E-state index in [1.807, 2.05) is 0 Å². The lowest BCUT2D eigenvalue weighted by Crippen LogP contribution is -2.69. The molecule has 0 spiro atoms. The highest BCUT2D eigenvalue weighted by atomic mass is 19.3. The number of carbonyl (C=O) groups excluding carboxylic acids is 2. The van der Waals surface area contributed by atoms with E-state index in [0.717, 1.165) is 0 Å². The van der Waals surface area contributed by atoms with E-state index in [-0.39, 0.29) is 6.54 Å². The zero-order chi connectivity index (χ0) is 19.8. The molecule has 2 heterocycles. The quantitative estimate of drug-likeness (QED) is 0.525. The molecule has 0 radical (unpaired) electrons. The average molecular weight is 384 g/mol. The Hall–Kier alpha value is -2.75. The van der Waals surface area contributed by atoms with E-state index in [0.29, 0.717) is 5.56 Å². The van der Waals surface area contributed by atoms with Crippen LogP contribution in [0.3, 0.4) is 0 Å². The number of nitrogens with one attached hydrogen (secondary N) is 4. The first kappa shape index (κ1) is 19.0. The summed E-state index contributed by atoms with van der Waals surface area (Å²) in [5.74, 6) is -5.93. The highest BCUT2D eigenvalue weighted by molar-refractivity contribution is 6.04. The number of aliphatic hydroxyl groups excluding tert-OH is 1. The molecule has 0 bridgehead atoms. The lowest BCUT2D eigenvalue weighted by Gasteiger charge is -2.41. The topological polar surface area (TPSA) is 102 Å². The van der Waals surface area contributed by atoms with Gasteiger partial charge in [-0.1, -0.05) is 12.1 Å². The van der Waals surface area contributed by atoms with Crippen LogP contribution in [-0.2, 0) is 16.1 Å². The standard InChI is InChI=1S/C17H19F3N4O3/c1-16(11-6-17(19,20)8-22-11)23-12(13(25)15(27)24-16)14(26)21-7-9-2-4-10(18)5-3-9/h2-5,11,22-23,25H,6-8H2,1H3,(H,21,26)(H,24,27)/t11-,16?/m0/s1. The van der Waals surface area contributed by atoms with Crippen LogP contribution in [0.5, 0.6) is 0 Å². The molecule has 1 unspecified atom stereocenters. The smallest absolute Gasteiger partial charge is 0.290 e. The number of alkyl halides is 2. The van der Waals surface area contributed by atoms with Gasteiger partial charge in [0.15, 0.2) is 0 Å². The van der Waals surface area contributed by atoms with Crippen molar-refractivity contribution in [1.29, 1.82) is 0 Å². The molecule has 3 rings (SSSR count). The fourth-order valence-electron chi connectivity index (χ4n) is 3.09. The molecule has 2 amide bonds. The highest BCUT2D eigenvalue weighted by Crippen LogP contribution is 2.31. The Morgan fingerprint density at radius 3 is 2.56 bits per heavy atom. The Balaban J connectivity index is 1.73. The number of carbonyl (C=O) groups is 2. The second-order valence-electron chi connectivity index (χ2n) is 6.81. The second kappa shape index (κ2) is 6.76. The predicted octanol–water partition coefficient (Wildman–Crippen LogP) is 0.644. The van der Waals surface area contributed by atoms with Gasteiger partial charge in [-0.2, -0.15) is 0 Å². The van der Waals surface area contributed by atoms with Crippen LogP contribution in [0.1, 0.15) is 18.9 Å². The predicted molar refractivity (Wildman–Crippen MR) is 88.9 cm³/mol. The largest absolute Gasteiger partial charge is 0.501 e. The van der Waals surface area contributed by atoms with Crippen molar-refractivity contribution in [2.24, 2.45) is 0 Å². The number of amides is 2. The Morgan fingerprint density at radius 1 is 1.30 bits per heavy atom. The first-order valence-electron chi connectivity index (χ1n) is 8.27. The van der Waals surface area contributed by atoms with Crippen LogP contribution in [0, 0.1) is 5.82 Å². The summed E-state index contributed by atoms with van der Waals surface area (Å²) in [5.41, 5.74) is -1.21. The minimum absolute atomic E-state index is 0.0235. The number of hydrogen-bond acceptors (Lipinski definition) is 5. The zero-order valence-corrected chi connectivity index (χ0v) is 14.4. The van der Waals surface area contributed by atoms with Gasteiger partial charge in [0.05, 0.1) is 12.6 Å². The first-order valence-corrected chi connectivity index (χ1v) is 8.27. The van der Waals surface area contributed by atoms with Crippen LogP contribution in [0.25, 0.3) is 0 Å². The van der Waals surface area contributed by atoms with E-state index in [2.05, 4.69) is 21.3 Å². The minimum atomic E-state index is -2.94. The maximum atomic E-state index is 13.5. The van der Waals surface area contributed by atoms with E-state index in [1.165, 1.54) is 31.2 Å². The van der Waals surface area contributed by atoms with Crippen molar-refractivity contribution < 1.29 is 27.9 Å². The molecule has 2 aliphatic rings. The van der Waals surface area contributed by atoms with E-state index in [4.69, 9.17) is 0 Å². The number of halogens is 3. The van der Waals surface area contributed by atoms with Gasteiger partial charge in [0.1, 0.15) is 17.2 Å². The normalized spacial score (nSPS) is 27.1. The number of benzene rings is 1. The Kier molecular flexibility index (Phi) is 4.77. The van der Waals surface area contributed by atoms with Gasteiger partial charge >= 0.3 is 0 Å². The van der Waals surface area contributed by atoms with Gasteiger partial charge in [-0.25, -0.2) is 13.2 Å². The summed E-state index contributed by atoms with van der Waals surface area (Å²) in [6.07, 6.45) is -0.540. The van der Waals surface area contributed by atoms with Gasteiger partial charge in [-0.3, -0.25) is 9.59 Å². The average Bonchev–Trinajstić information content (AvgIpc) is 2.98. The molecule has 1 fully saturated rings. The molecule has 2 atom stereocenters. The molecule has 27 heavy (non-hydrogen) atoms. The number of aliphatic hydroxyl groups is 1. The highest BCUT2D eigenvalue weighted by Gasteiger charge is 2.51. The third-order valence-electron chi connectivity index (χ3n) is 4.61. The molecule has 0 aliphatic carbocycles. The van der Waals surface area contributed by atoms with Gasteiger partial charge in [0.25, 0.3) is 17.7 Å². The molecule has 0 saturated carbocycles. The monoisotopic (exact) mass is 384 g/mol. The molecular formula is C17H19F3N4O3. The fraction of sp³-hybridized carbons (Fsp3) is 0.412. The SMILES string of the molecule is CC1([C@@H]2CC(F)(F)CN2)NC(=O)C(O)=C(C(=O)NCc2ccc(F)cc2)N1. The lowest BCUT2D eigenvalue weighted by molar-refractivity contribution is -0.126. The summed E-state index contributed by atoms with van der Waals surface area (Å²) in [6.45, 7) is 0.923. The third-order valence-corrected chi connectivity index (χ3v) is 4.61. The third kappa shape index (κ3) is 4.00. The molecule has 1 saturated heterocycles. The summed E-state index contributed by atoms with van der Waals surface area (Å²) in [5, 5.41) is 20.1. The van der Waals surface area contributed by atoms with Crippen LogP contribution < -0.4 is 21.3 Å². The Bertz CT molecular complexity index is 797. The van der Waals surface area contributed by atoms with Gasteiger partial charge in [-0.15, -0.1) is 0 Å². The summed E-state index contributed by atoms with van der Waals surface area (Å²) in [4.78, 5) is 24.5. The molecule has 5 N–H and O–H groups in total.